The second-order valence-electron chi connectivity index (χ2n) is 8.88. The second kappa shape index (κ2) is 16.7. The number of guanidine groups is 1. The smallest absolute Gasteiger partial charge is 0.326 e. The molecule has 4 unspecified atom stereocenters. The van der Waals surface area contributed by atoms with E-state index in [1.54, 1.807) is 13.8 Å². The van der Waals surface area contributed by atoms with Gasteiger partial charge in [-0.05, 0) is 31.6 Å². The summed E-state index contributed by atoms with van der Waals surface area (Å²) in [5, 5.41) is 16.3. The molecule has 0 fully saturated rings. The maximum absolute atomic E-state index is 12.9. The van der Waals surface area contributed by atoms with Crippen molar-refractivity contribution in [1.82, 2.24) is 16.0 Å². The summed E-state index contributed by atoms with van der Waals surface area (Å²) < 4.78 is 0. The largest absolute Gasteiger partial charge is 0.480 e. The van der Waals surface area contributed by atoms with Gasteiger partial charge in [0, 0.05) is 13.0 Å². The molecular weight excluding hydrogens is 490 g/mol. The number of nitrogens with two attached hydrogens (primary N) is 5. The average molecular weight is 530 g/mol. The second-order valence-corrected chi connectivity index (χ2v) is 8.88. The Hall–Kier alpha value is -3.95. The summed E-state index contributed by atoms with van der Waals surface area (Å²) >= 11 is 0. The predicted molar refractivity (Wildman–Crippen MR) is 133 cm³/mol. The lowest BCUT2D eigenvalue weighted by molar-refractivity contribution is -0.143. The third-order valence-corrected chi connectivity index (χ3v) is 4.98. The van der Waals surface area contributed by atoms with E-state index in [1.165, 1.54) is 0 Å². The normalized spacial score (nSPS) is 13.9. The van der Waals surface area contributed by atoms with Crippen LogP contribution < -0.4 is 44.6 Å². The zero-order valence-corrected chi connectivity index (χ0v) is 21.1. The molecule has 210 valence electrons. The molecule has 16 heteroatoms. The Labute approximate surface area is 214 Å². The fourth-order valence-corrected chi connectivity index (χ4v) is 3.13. The number of carbonyl (C=O) groups excluding carboxylic acids is 5. The van der Waals surface area contributed by atoms with Crippen LogP contribution in [0.3, 0.4) is 0 Å². The number of carboxylic acids is 1. The number of carboxylic acid groups (broad SMARTS) is 1. The van der Waals surface area contributed by atoms with Crippen LogP contribution in [0.1, 0.15) is 52.4 Å². The highest BCUT2D eigenvalue weighted by molar-refractivity contribution is 5.96. The summed E-state index contributed by atoms with van der Waals surface area (Å²) in [5.74, 6) is -5.80. The van der Waals surface area contributed by atoms with Gasteiger partial charge in [-0.15, -0.1) is 0 Å². The van der Waals surface area contributed by atoms with E-state index in [4.69, 9.17) is 28.7 Å². The summed E-state index contributed by atoms with van der Waals surface area (Å²) in [6.45, 7) is 3.74. The lowest BCUT2D eigenvalue weighted by Crippen LogP contribution is -2.57. The van der Waals surface area contributed by atoms with Gasteiger partial charge in [0.05, 0.1) is 12.5 Å². The molecule has 4 atom stereocenters. The lowest BCUT2D eigenvalue weighted by atomic mass is 10.0. The maximum Gasteiger partial charge on any atom is 0.326 e. The highest BCUT2D eigenvalue weighted by Crippen LogP contribution is 2.07. The number of aliphatic imine (C=N–C) groups is 1. The standard InChI is InChI=1S/C21H39N9O7/c1-10(2)8-14(20(36)37)30-18(34)12(5-6-15(23)31)28-19(35)13(9-16(24)32)29-17(33)11(22)4-3-7-27-21(25)26/h10-14H,3-9,22H2,1-2H3,(H2,23,31)(H2,24,32)(H,28,35)(H,29,33)(H,30,34)(H,36,37)(H4,25,26,27). The number of primary amides is 2. The van der Waals surface area contributed by atoms with E-state index in [0.717, 1.165) is 0 Å². The van der Waals surface area contributed by atoms with E-state index < -0.39 is 66.1 Å². The van der Waals surface area contributed by atoms with Crippen molar-refractivity contribution in [2.24, 2.45) is 39.6 Å². The van der Waals surface area contributed by atoms with Crippen LogP contribution in [0.4, 0.5) is 0 Å². The molecule has 0 aromatic carbocycles. The minimum absolute atomic E-state index is 0.0705. The van der Waals surface area contributed by atoms with Gasteiger partial charge >= 0.3 is 5.97 Å². The molecule has 14 N–H and O–H groups in total. The first-order valence-electron chi connectivity index (χ1n) is 11.6. The summed E-state index contributed by atoms with van der Waals surface area (Å²) in [5.41, 5.74) is 26.6. The van der Waals surface area contributed by atoms with Crippen LogP contribution in [0.25, 0.3) is 0 Å². The van der Waals surface area contributed by atoms with Crippen molar-refractivity contribution in [2.75, 3.05) is 6.54 Å². The number of amides is 5. The Kier molecular flexibility index (Phi) is 14.9. The van der Waals surface area contributed by atoms with E-state index >= 15 is 0 Å². The minimum atomic E-state index is -1.50. The van der Waals surface area contributed by atoms with Crippen LogP contribution in [0.2, 0.25) is 0 Å². The quantitative estimate of drug-likeness (QED) is 0.0472. The van der Waals surface area contributed by atoms with Crippen molar-refractivity contribution >= 4 is 41.5 Å². The van der Waals surface area contributed by atoms with Crippen LogP contribution >= 0.6 is 0 Å². The van der Waals surface area contributed by atoms with E-state index in [2.05, 4.69) is 20.9 Å². The molecule has 16 nitrogen and oxygen atoms in total. The van der Waals surface area contributed by atoms with Crippen molar-refractivity contribution in [2.45, 2.75) is 76.5 Å². The molecule has 0 bridgehead atoms. The zero-order chi connectivity index (χ0) is 28.7. The van der Waals surface area contributed by atoms with Crippen molar-refractivity contribution in [1.29, 1.82) is 0 Å². The number of carbonyl (C=O) groups is 6. The fourth-order valence-electron chi connectivity index (χ4n) is 3.13. The number of aliphatic carboxylic acids is 1. The van der Waals surface area contributed by atoms with Crippen LogP contribution in [0.5, 0.6) is 0 Å². The van der Waals surface area contributed by atoms with E-state index in [1.807, 2.05) is 0 Å². The Morgan fingerprint density at radius 2 is 1.32 bits per heavy atom. The van der Waals surface area contributed by atoms with Crippen molar-refractivity contribution in [3.8, 4) is 0 Å². The minimum Gasteiger partial charge on any atom is -0.480 e. The molecular formula is C21H39N9O7. The Morgan fingerprint density at radius 3 is 1.81 bits per heavy atom. The van der Waals surface area contributed by atoms with Crippen molar-refractivity contribution in [3.05, 3.63) is 0 Å². The average Bonchev–Trinajstić information content (AvgIpc) is 2.76. The molecule has 0 aromatic rings. The Bertz CT molecular complexity index is 859. The number of nitrogens with zero attached hydrogens (tertiary/aromatic N) is 1. The Balaban J connectivity index is 5.50. The monoisotopic (exact) mass is 529 g/mol. The summed E-state index contributed by atoms with van der Waals surface area (Å²) in [6, 6.07) is -5.21. The fraction of sp³-hybridized carbons (Fsp3) is 0.667. The van der Waals surface area contributed by atoms with Gasteiger partial charge in [0.25, 0.3) is 0 Å². The molecule has 0 spiro atoms. The molecule has 0 saturated heterocycles. The van der Waals surface area contributed by atoms with Gasteiger partial charge in [-0.2, -0.15) is 0 Å². The molecule has 0 saturated carbocycles. The molecule has 0 aromatic heterocycles. The van der Waals surface area contributed by atoms with Gasteiger partial charge in [-0.3, -0.25) is 29.0 Å². The first kappa shape index (κ1) is 33.0. The van der Waals surface area contributed by atoms with Crippen molar-refractivity contribution < 1.29 is 33.9 Å². The molecule has 0 heterocycles. The highest BCUT2D eigenvalue weighted by atomic mass is 16.4. The summed E-state index contributed by atoms with van der Waals surface area (Å²) in [6.07, 6.45) is -0.567. The molecule has 0 aliphatic carbocycles. The lowest BCUT2D eigenvalue weighted by Gasteiger charge is -2.25. The molecule has 0 aliphatic heterocycles. The number of hydrogen-bond acceptors (Lipinski definition) is 8. The van der Waals surface area contributed by atoms with E-state index in [-0.39, 0.29) is 44.1 Å². The van der Waals surface area contributed by atoms with Gasteiger partial charge in [0.15, 0.2) is 5.96 Å². The molecule has 0 radical (unpaired) electrons. The van der Waals surface area contributed by atoms with Gasteiger partial charge in [-0.1, -0.05) is 13.8 Å². The van der Waals surface area contributed by atoms with E-state index in [9.17, 15) is 33.9 Å². The summed E-state index contributed by atoms with van der Waals surface area (Å²) in [7, 11) is 0. The first-order valence-corrected chi connectivity index (χ1v) is 11.6. The Morgan fingerprint density at radius 1 is 0.784 bits per heavy atom. The molecule has 37 heavy (non-hydrogen) atoms. The molecule has 5 amide bonds. The van der Waals surface area contributed by atoms with Gasteiger partial charge in [-0.25, -0.2) is 4.79 Å². The number of hydrogen-bond donors (Lipinski definition) is 9. The van der Waals surface area contributed by atoms with E-state index in [0.29, 0.717) is 6.42 Å². The summed E-state index contributed by atoms with van der Waals surface area (Å²) in [4.78, 5) is 76.2. The third-order valence-electron chi connectivity index (χ3n) is 4.98. The topological polar surface area (TPSA) is 301 Å². The highest BCUT2D eigenvalue weighted by Gasteiger charge is 2.31. The van der Waals surface area contributed by atoms with Crippen LogP contribution in [-0.4, -0.2) is 77.3 Å². The van der Waals surface area contributed by atoms with Crippen LogP contribution in [0.15, 0.2) is 4.99 Å². The predicted octanol–water partition coefficient (Wildman–Crippen LogP) is -3.91. The van der Waals surface area contributed by atoms with Crippen molar-refractivity contribution in [3.63, 3.8) is 0 Å². The van der Waals surface area contributed by atoms with Crippen LogP contribution in [-0.2, 0) is 28.8 Å². The molecule has 0 rings (SSSR count). The molecule has 0 aliphatic rings. The van der Waals surface area contributed by atoms with Gasteiger partial charge < -0.3 is 49.7 Å². The van der Waals surface area contributed by atoms with Crippen LogP contribution in [0, 0.1) is 5.92 Å². The maximum atomic E-state index is 12.9. The number of nitrogens with one attached hydrogen (secondary N) is 3. The SMILES string of the molecule is CC(C)CC(NC(=O)C(CCC(N)=O)NC(=O)C(CC(N)=O)NC(=O)C(N)CCCN=C(N)N)C(=O)O. The van der Waals surface area contributed by atoms with Gasteiger partial charge in [0.1, 0.15) is 18.1 Å². The number of rotatable bonds is 18. The third kappa shape index (κ3) is 14.9. The zero-order valence-electron chi connectivity index (χ0n) is 21.1. The van der Waals surface area contributed by atoms with Gasteiger partial charge in [0.2, 0.25) is 29.5 Å². The first-order chi connectivity index (χ1) is 17.1.